The fraction of sp³-hybridized carbons (Fsp3) is 0.643. The molecule has 0 aromatic carbocycles. The van der Waals surface area contributed by atoms with Crippen LogP contribution in [0.15, 0.2) is 24.8 Å². The maximum atomic E-state index is 4.06. The van der Waals surface area contributed by atoms with Crippen molar-refractivity contribution in [3.63, 3.8) is 0 Å². The van der Waals surface area contributed by atoms with E-state index in [1.54, 1.807) is 0 Å². The van der Waals surface area contributed by atoms with Gasteiger partial charge in [0.1, 0.15) is 0 Å². The van der Waals surface area contributed by atoms with Gasteiger partial charge in [-0.15, -0.1) is 6.58 Å². The Labute approximate surface area is 90.1 Å². The van der Waals surface area contributed by atoms with Crippen molar-refractivity contribution < 1.29 is 0 Å². The Morgan fingerprint density at radius 1 is 1.29 bits per heavy atom. The van der Waals surface area contributed by atoms with E-state index in [1.165, 1.54) is 24.8 Å². The Bertz CT molecular complexity index is 167. The molecule has 2 atom stereocenters. The number of allylic oxidation sites excluding steroid dienone is 2. The highest BCUT2D eigenvalue weighted by Gasteiger charge is 2.10. The zero-order chi connectivity index (χ0) is 11.0. The molecule has 0 amide bonds. The molecular formula is C14H25. The maximum absolute atomic E-state index is 4.06. The quantitative estimate of drug-likeness (QED) is 0.486. The van der Waals surface area contributed by atoms with Gasteiger partial charge in [0.25, 0.3) is 0 Å². The lowest BCUT2D eigenvalue weighted by molar-refractivity contribution is 0.431. The minimum atomic E-state index is 0.682. The Kier molecular flexibility index (Phi) is 7.55. The van der Waals surface area contributed by atoms with Crippen molar-refractivity contribution in [2.24, 2.45) is 11.8 Å². The van der Waals surface area contributed by atoms with Gasteiger partial charge >= 0.3 is 0 Å². The molecule has 0 saturated heterocycles. The third kappa shape index (κ3) is 6.01. The SMILES string of the molecule is [CH2]CC(C)CCC(CCC=C)C(=C)C. The van der Waals surface area contributed by atoms with E-state index in [2.05, 4.69) is 33.9 Å². The summed E-state index contributed by atoms with van der Waals surface area (Å²) < 4.78 is 0. The molecule has 0 N–H and O–H groups in total. The molecule has 2 unspecified atom stereocenters. The van der Waals surface area contributed by atoms with E-state index in [9.17, 15) is 0 Å². The van der Waals surface area contributed by atoms with E-state index < -0.39 is 0 Å². The largest absolute Gasteiger partial charge is 0.103 e. The summed E-state index contributed by atoms with van der Waals surface area (Å²) in [4.78, 5) is 0. The predicted octanol–water partition coefficient (Wildman–Crippen LogP) is 4.79. The molecule has 0 aliphatic heterocycles. The molecule has 0 heteroatoms. The van der Waals surface area contributed by atoms with Crippen LogP contribution in [0.4, 0.5) is 0 Å². The van der Waals surface area contributed by atoms with E-state index in [4.69, 9.17) is 0 Å². The number of hydrogen-bond acceptors (Lipinski definition) is 0. The summed E-state index contributed by atoms with van der Waals surface area (Å²) in [5, 5.41) is 0. The lowest BCUT2D eigenvalue weighted by Gasteiger charge is -2.18. The topological polar surface area (TPSA) is 0 Å². The van der Waals surface area contributed by atoms with Crippen LogP contribution >= 0.6 is 0 Å². The van der Waals surface area contributed by atoms with Crippen LogP contribution in [0, 0.1) is 18.8 Å². The third-order valence-corrected chi connectivity index (χ3v) is 2.92. The fourth-order valence-corrected chi connectivity index (χ4v) is 1.59. The molecule has 0 spiro atoms. The zero-order valence-corrected chi connectivity index (χ0v) is 9.89. The Balaban J connectivity index is 3.84. The van der Waals surface area contributed by atoms with Crippen LogP contribution in [0.1, 0.15) is 46.0 Å². The molecule has 0 bridgehead atoms. The van der Waals surface area contributed by atoms with Crippen LogP contribution in [0.25, 0.3) is 0 Å². The molecule has 0 nitrogen and oxygen atoms in total. The number of hydrogen-bond donors (Lipinski definition) is 0. The lowest BCUT2D eigenvalue weighted by Crippen LogP contribution is -2.04. The fourth-order valence-electron chi connectivity index (χ4n) is 1.59. The van der Waals surface area contributed by atoms with Crippen molar-refractivity contribution in [1.82, 2.24) is 0 Å². The molecule has 0 aliphatic carbocycles. The molecule has 0 fully saturated rings. The highest BCUT2D eigenvalue weighted by atomic mass is 14.2. The van der Waals surface area contributed by atoms with Gasteiger partial charge in [0.15, 0.2) is 0 Å². The Morgan fingerprint density at radius 3 is 2.36 bits per heavy atom. The van der Waals surface area contributed by atoms with Crippen molar-refractivity contribution in [2.75, 3.05) is 0 Å². The summed E-state index contributed by atoms with van der Waals surface area (Å²) >= 11 is 0. The summed E-state index contributed by atoms with van der Waals surface area (Å²) in [6.07, 6.45) is 7.90. The minimum Gasteiger partial charge on any atom is -0.103 e. The van der Waals surface area contributed by atoms with Crippen molar-refractivity contribution in [3.05, 3.63) is 31.7 Å². The van der Waals surface area contributed by atoms with Gasteiger partial charge in [-0.3, -0.25) is 0 Å². The highest BCUT2D eigenvalue weighted by Crippen LogP contribution is 2.24. The summed E-state index contributed by atoms with van der Waals surface area (Å²) in [7, 11) is 0. The second kappa shape index (κ2) is 7.84. The molecule has 0 saturated carbocycles. The van der Waals surface area contributed by atoms with Crippen LogP contribution < -0.4 is 0 Å². The van der Waals surface area contributed by atoms with Gasteiger partial charge in [-0.2, -0.15) is 0 Å². The average Bonchev–Trinajstić information content (AvgIpc) is 2.16. The van der Waals surface area contributed by atoms with E-state index in [1.807, 2.05) is 6.08 Å². The van der Waals surface area contributed by atoms with Crippen molar-refractivity contribution in [3.8, 4) is 0 Å². The van der Waals surface area contributed by atoms with Gasteiger partial charge in [0.2, 0.25) is 0 Å². The first-order valence-corrected chi connectivity index (χ1v) is 5.67. The maximum Gasteiger partial charge on any atom is -0.0206 e. The number of rotatable bonds is 8. The molecule has 0 heterocycles. The molecular weight excluding hydrogens is 168 g/mol. The Hall–Kier alpha value is -0.520. The molecule has 0 aliphatic rings. The third-order valence-electron chi connectivity index (χ3n) is 2.92. The van der Waals surface area contributed by atoms with Gasteiger partial charge in [0, 0.05) is 0 Å². The molecule has 0 rings (SSSR count). The van der Waals surface area contributed by atoms with Gasteiger partial charge in [0.05, 0.1) is 0 Å². The van der Waals surface area contributed by atoms with Crippen molar-refractivity contribution >= 4 is 0 Å². The molecule has 0 aromatic heterocycles. The summed E-state index contributed by atoms with van der Waals surface area (Å²) in [6.45, 7) is 16.2. The molecule has 1 radical (unpaired) electrons. The van der Waals surface area contributed by atoms with Gasteiger partial charge < -0.3 is 0 Å². The van der Waals surface area contributed by atoms with E-state index in [-0.39, 0.29) is 0 Å². The summed E-state index contributed by atoms with van der Waals surface area (Å²) in [5.74, 6) is 1.43. The van der Waals surface area contributed by atoms with Crippen LogP contribution in [0.2, 0.25) is 0 Å². The highest BCUT2D eigenvalue weighted by molar-refractivity contribution is 4.96. The Morgan fingerprint density at radius 2 is 1.93 bits per heavy atom. The van der Waals surface area contributed by atoms with E-state index in [0.29, 0.717) is 5.92 Å². The van der Waals surface area contributed by atoms with Gasteiger partial charge in [-0.1, -0.05) is 44.9 Å². The van der Waals surface area contributed by atoms with Crippen molar-refractivity contribution in [1.29, 1.82) is 0 Å². The van der Waals surface area contributed by atoms with Crippen LogP contribution in [0.5, 0.6) is 0 Å². The summed E-state index contributed by atoms with van der Waals surface area (Å²) in [6, 6.07) is 0. The summed E-state index contributed by atoms with van der Waals surface area (Å²) in [5.41, 5.74) is 1.32. The molecule has 14 heavy (non-hydrogen) atoms. The van der Waals surface area contributed by atoms with E-state index in [0.717, 1.165) is 18.8 Å². The second-order valence-electron chi connectivity index (χ2n) is 4.38. The average molecular weight is 193 g/mol. The first-order chi connectivity index (χ1) is 6.61. The second-order valence-corrected chi connectivity index (χ2v) is 4.38. The van der Waals surface area contributed by atoms with Crippen LogP contribution in [-0.2, 0) is 0 Å². The van der Waals surface area contributed by atoms with Gasteiger partial charge in [-0.25, -0.2) is 0 Å². The normalized spacial score (nSPS) is 14.8. The predicted molar refractivity (Wildman–Crippen MR) is 66.1 cm³/mol. The first-order valence-electron chi connectivity index (χ1n) is 5.67. The van der Waals surface area contributed by atoms with Crippen LogP contribution in [-0.4, -0.2) is 0 Å². The van der Waals surface area contributed by atoms with Crippen molar-refractivity contribution in [2.45, 2.75) is 46.0 Å². The van der Waals surface area contributed by atoms with Gasteiger partial charge in [-0.05, 0) is 38.0 Å². The lowest BCUT2D eigenvalue weighted by atomic mass is 9.88. The molecule has 81 valence electrons. The molecule has 0 aromatic rings. The first kappa shape index (κ1) is 13.5. The monoisotopic (exact) mass is 193 g/mol. The zero-order valence-electron chi connectivity index (χ0n) is 9.89. The van der Waals surface area contributed by atoms with Crippen LogP contribution in [0.3, 0.4) is 0 Å². The van der Waals surface area contributed by atoms with E-state index >= 15 is 0 Å². The smallest absolute Gasteiger partial charge is 0.0206 e. The standard InChI is InChI=1S/C14H25/c1-6-8-9-14(12(3)4)11-10-13(5)7-2/h6,13-14H,1-3,7-11H2,4-5H3. The minimum absolute atomic E-state index is 0.682.